The molecule has 0 spiro atoms. The normalized spacial score (nSPS) is 17.0. The van der Waals surface area contributed by atoms with Gasteiger partial charge in [0.05, 0.1) is 23.9 Å². The predicted octanol–water partition coefficient (Wildman–Crippen LogP) is 4.18. The fraction of sp³-hybridized carbons (Fsp3) is 0.538. The lowest BCUT2D eigenvalue weighted by Gasteiger charge is -2.39. The average Bonchev–Trinajstić information content (AvgIpc) is 3.10. The van der Waals surface area contributed by atoms with Crippen LogP contribution < -0.4 is 0 Å². The summed E-state index contributed by atoms with van der Waals surface area (Å²) in [5.74, 6) is 1.38. The quantitative estimate of drug-likeness (QED) is 0.675. The summed E-state index contributed by atoms with van der Waals surface area (Å²) >= 11 is 0. The molecule has 0 saturated carbocycles. The molecular weight excluding hydrogens is 400 g/mol. The third kappa shape index (κ3) is 4.46. The monoisotopic (exact) mass is 436 g/mol. The third-order valence-electron chi connectivity index (χ3n) is 6.64. The van der Waals surface area contributed by atoms with Gasteiger partial charge in [0, 0.05) is 45.5 Å². The number of piperazine rings is 1. The van der Waals surface area contributed by atoms with E-state index in [1.54, 1.807) is 0 Å². The van der Waals surface area contributed by atoms with Gasteiger partial charge in [-0.2, -0.15) is 0 Å². The van der Waals surface area contributed by atoms with E-state index in [1.165, 1.54) is 29.5 Å². The number of aliphatic imine (C=N–C) groups is 1. The number of esters is 1. The maximum Gasteiger partial charge on any atom is 0.312 e. The summed E-state index contributed by atoms with van der Waals surface area (Å²) in [5.41, 5.74) is 5.64. The van der Waals surface area contributed by atoms with E-state index in [4.69, 9.17) is 9.73 Å². The lowest BCUT2D eigenvalue weighted by Crippen LogP contribution is -2.52. The smallest absolute Gasteiger partial charge is 0.312 e. The van der Waals surface area contributed by atoms with E-state index in [-0.39, 0.29) is 5.97 Å². The minimum atomic E-state index is -0.506. The number of ether oxygens (including phenoxy) is 1. The van der Waals surface area contributed by atoms with Crippen LogP contribution in [0, 0.1) is 12.3 Å². The van der Waals surface area contributed by atoms with Crippen molar-refractivity contribution in [1.82, 2.24) is 14.4 Å². The van der Waals surface area contributed by atoms with Crippen LogP contribution in [0.15, 0.2) is 35.5 Å². The molecule has 0 N–H and O–H groups in total. The first-order chi connectivity index (χ1) is 15.2. The third-order valence-corrected chi connectivity index (χ3v) is 6.64. The maximum absolute atomic E-state index is 12.1. The van der Waals surface area contributed by atoms with Crippen molar-refractivity contribution >= 4 is 17.5 Å². The van der Waals surface area contributed by atoms with Crippen molar-refractivity contribution in [2.24, 2.45) is 10.4 Å². The zero-order chi connectivity index (χ0) is 23.0. The highest BCUT2D eigenvalue weighted by Gasteiger charge is 2.33. The molecule has 1 aromatic heterocycles. The van der Waals surface area contributed by atoms with E-state index in [9.17, 15) is 4.79 Å². The van der Waals surface area contributed by atoms with Crippen molar-refractivity contribution in [2.45, 2.75) is 47.1 Å². The van der Waals surface area contributed by atoms with E-state index in [1.807, 2.05) is 13.8 Å². The van der Waals surface area contributed by atoms with Crippen LogP contribution >= 0.6 is 0 Å². The Morgan fingerprint density at radius 1 is 1.16 bits per heavy atom. The summed E-state index contributed by atoms with van der Waals surface area (Å²) in [5, 5.41) is 0. The molecule has 2 aliphatic heterocycles. The summed E-state index contributed by atoms with van der Waals surface area (Å²) in [6.07, 6.45) is 2.29. The van der Waals surface area contributed by atoms with Crippen LogP contribution in [-0.4, -0.2) is 66.0 Å². The first-order valence-electron chi connectivity index (χ1n) is 11.6. The molecule has 0 unspecified atom stereocenters. The SMILES string of the molecule is COC(=O)C(C)(C)CN1CCN(C2=Nc3ccc(C)cc3Cn3cc(C(C)C)cc32)CC1. The molecule has 1 saturated heterocycles. The molecule has 3 heterocycles. The number of rotatable bonds is 4. The molecule has 4 rings (SSSR count). The molecule has 0 atom stereocenters. The fourth-order valence-corrected chi connectivity index (χ4v) is 4.72. The molecule has 172 valence electrons. The molecule has 32 heavy (non-hydrogen) atoms. The van der Waals surface area contributed by atoms with E-state index in [0.29, 0.717) is 12.5 Å². The van der Waals surface area contributed by atoms with E-state index in [2.05, 4.69) is 65.6 Å². The Morgan fingerprint density at radius 3 is 2.53 bits per heavy atom. The van der Waals surface area contributed by atoms with E-state index in [0.717, 1.165) is 44.2 Å². The Morgan fingerprint density at radius 2 is 1.88 bits per heavy atom. The molecular formula is C26H36N4O2. The number of carbonyl (C=O) groups is 1. The molecule has 0 radical (unpaired) electrons. The van der Waals surface area contributed by atoms with Crippen LogP contribution in [0.3, 0.4) is 0 Å². The Bertz CT molecular complexity index is 1030. The van der Waals surface area contributed by atoms with Gasteiger partial charge in [-0.15, -0.1) is 0 Å². The minimum absolute atomic E-state index is 0.154. The molecule has 0 aliphatic carbocycles. The van der Waals surface area contributed by atoms with Gasteiger partial charge in [0.15, 0.2) is 5.84 Å². The van der Waals surface area contributed by atoms with Gasteiger partial charge in [0.2, 0.25) is 0 Å². The topological polar surface area (TPSA) is 50.1 Å². The summed E-state index contributed by atoms with van der Waals surface area (Å²) in [6.45, 7) is 15.7. The van der Waals surface area contributed by atoms with Crippen molar-refractivity contribution in [2.75, 3.05) is 39.8 Å². The minimum Gasteiger partial charge on any atom is -0.469 e. The Labute approximate surface area is 191 Å². The van der Waals surface area contributed by atoms with Crippen LogP contribution in [0.2, 0.25) is 0 Å². The summed E-state index contributed by atoms with van der Waals surface area (Å²) in [6, 6.07) is 8.87. The van der Waals surface area contributed by atoms with Gasteiger partial charge in [-0.05, 0) is 49.9 Å². The highest BCUT2D eigenvalue weighted by Crippen LogP contribution is 2.30. The van der Waals surface area contributed by atoms with E-state index < -0.39 is 5.41 Å². The predicted molar refractivity (Wildman–Crippen MR) is 129 cm³/mol. The summed E-state index contributed by atoms with van der Waals surface area (Å²) < 4.78 is 7.36. The van der Waals surface area contributed by atoms with Gasteiger partial charge in [0.1, 0.15) is 0 Å². The number of benzene rings is 1. The van der Waals surface area contributed by atoms with E-state index >= 15 is 0 Å². The number of carbonyl (C=O) groups excluding carboxylic acids is 1. The largest absolute Gasteiger partial charge is 0.469 e. The number of methoxy groups -OCH3 is 1. The molecule has 6 heteroatoms. The maximum atomic E-state index is 12.1. The fourth-order valence-electron chi connectivity index (χ4n) is 4.72. The Hall–Kier alpha value is -2.60. The van der Waals surface area contributed by atoms with Crippen LogP contribution in [0.5, 0.6) is 0 Å². The Kier molecular flexibility index (Phi) is 6.17. The van der Waals surface area contributed by atoms with Gasteiger partial charge in [-0.25, -0.2) is 4.99 Å². The lowest BCUT2D eigenvalue weighted by molar-refractivity contribution is -0.152. The average molecular weight is 437 g/mol. The van der Waals surface area contributed by atoms with Crippen LogP contribution in [-0.2, 0) is 16.1 Å². The van der Waals surface area contributed by atoms with Gasteiger partial charge < -0.3 is 14.2 Å². The van der Waals surface area contributed by atoms with Crippen molar-refractivity contribution in [3.63, 3.8) is 0 Å². The molecule has 2 aromatic rings. The van der Waals surface area contributed by atoms with Crippen molar-refractivity contribution in [1.29, 1.82) is 0 Å². The second kappa shape index (κ2) is 8.74. The molecule has 1 aromatic carbocycles. The number of aromatic nitrogens is 1. The zero-order valence-electron chi connectivity index (χ0n) is 20.3. The van der Waals surface area contributed by atoms with Gasteiger partial charge >= 0.3 is 5.97 Å². The molecule has 6 nitrogen and oxygen atoms in total. The standard InChI is InChI=1S/C26H36N4O2/c1-18(2)20-14-23-24(27-22-8-7-19(3)13-21(22)16-30(23)15-20)29-11-9-28(10-12-29)17-26(4,5)25(31)32-6/h7-8,13-15,18H,9-12,16-17H2,1-6H3. The highest BCUT2D eigenvalue weighted by atomic mass is 16.5. The number of aryl methyl sites for hydroxylation is 1. The number of fused-ring (bicyclic) bond motifs is 2. The molecule has 0 bridgehead atoms. The summed E-state index contributed by atoms with van der Waals surface area (Å²) in [4.78, 5) is 22.1. The second-order valence-electron chi connectivity index (χ2n) is 10.1. The summed E-state index contributed by atoms with van der Waals surface area (Å²) in [7, 11) is 1.46. The zero-order valence-corrected chi connectivity index (χ0v) is 20.3. The number of hydrogen-bond donors (Lipinski definition) is 0. The number of hydrogen-bond acceptors (Lipinski definition) is 5. The van der Waals surface area contributed by atoms with Gasteiger partial charge in [-0.1, -0.05) is 31.5 Å². The molecule has 0 amide bonds. The Balaban J connectivity index is 1.60. The number of amidine groups is 1. The van der Waals surface area contributed by atoms with Crippen molar-refractivity contribution < 1.29 is 9.53 Å². The van der Waals surface area contributed by atoms with Crippen molar-refractivity contribution in [3.05, 3.63) is 52.8 Å². The molecule has 1 fully saturated rings. The number of nitrogens with zero attached hydrogens (tertiary/aromatic N) is 4. The van der Waals surface area contributed by atoms with Crippen LogP contribution in [0.1, 0.15) is 56.0 Å². The van der Waals surface area contributed by atoms with Crippen LogP contribution in [0.4, 0.5) is 5.69 Å². The lowest BCUT2D eigenvalue weighted by atomic mass is 9.92. The first-order valence-corrected chi connectivity index (χ1v) is 11.6. The molecule has 2 aliphatic rings. The van der Waals surface area contributed by atoms with Gasteiger partial charge in [0.25, 0.3) is 0 Å². The van der Waals surface area contributed by atoms with Crippen LogP contribution in [0.25, 0.3) is 0 Å². The second-order valence-corrected chi connectivity index (χ2v) is 10.1. The highest BCUT2D eigenvalue weighted by molar-refractivity contribution is 6.00. The van der Waals surface area contributed by atoms with Crippen molar-refractivity contribution in [3.8, 4) is 0 Å². The first kappa shape index (κ1) is 22.6. The van der Waals surface area contributed by atoms with Gasteiger partial charge in [-0.3, -0.25) is 9.69 Å².